The minimum Gasteiger partial charge on any atom is -0.372 e. The summed E-state index contributed by atoms with van der Waals surface area (Å²) in [5.41, 5.74) is 11.7. The molecule has 3 aromatic rings. The first-order valence-corrected chi connectivity index (χ1v) is 11.4. The van der Waals surface area contributed by atoms with E-state index in [0.717, 1.165) is 54.2 Å². The molecule has 1 heterocycles. The summed E-state index contributed by atoms with van der Waals surface area (Å²) >= 11 is 0. The zero-order chi connectivity index (χ0) is 22.2. The maximum atomic E-state index is 6.16. The van der Waals surface area contributed by atoms with E-state index in [4.69, 9.17) is 5.73 Å². The van der Waals surface area contributed by atoms with Crippen molar-refractivity contribution in [2.75, 3.05) is 18.0 Å². The molecule has 0 spiro atoms. The lowest BCUT2D eigenvalue weighted by Gasteiger charge is -2.17. The summed E-state index contributed by atoms with van der Waals surface area (Å²) in [6.45, 7) is 4.42. The number of rotatable bonds is 8. The topological polar surface area (TPSA) is 78.7 Å². The van der Waals surface area contributed by atoms with Crippen molar-refractivity contribution in [1.82, 2.24) is 0 Å². The molecule has 1 unspecified atom stereocenters. The molecule has 0 amide bonds. The van der Waals surface area contributed by atoms with Crippen LogP contribution in [0.3, 0.4) is 0 Å². The molecule has 32 heavy (non-hydrogen) atoms. The first-order valence-electron chi connectivity index (χ1n) is 11.4. The van der Waals surface area contributed by atoms with Gasteiger partial charge < -0.3 is 10.6 Å². The van der Waals surface area contributed by atoms with E-state index in [1.807, 2.05) is 60.7 Å². The maximum Gasteiger partial charge on any atom is 0.0858 e. The van der Waals surface area contributed by atoms with E-state index in [0.29, 0.717) is 0 Å². The number of nitrogens with zero attached hydrogens (tertiary/aromatic N) is 5. The van der Waals surface area contributed by atoms with Crippen LogP contribution in [0.15, 0.2) is 93.3 Å². The first-order chi connectivity index (χ1) is 15.7. The average molecular weight is 427 g/mol. The second kappa shape index (κ2) is 10.8. The predicted molar refractivity (Wildman–Crippen MR) is 131 cm³/mol. The van der Waals surface area contributed by atoms with Gasteiger partial charge in [-0.2, -0.15) is 20.5 Å². The van der Waals surface area contributed by atoms with Gasteiger partial charge in [-0.1, -0.05) is 25.5 Å². The molecule has 6 heteroatoms. The molecule has 3 aromatic carbocycles. The molecule has 4 rings (SSSR count). The molecule has 164 valence electrons. The van der Waals surface area contributed by atoms with Gasteiger partial charge >= 0.3 is 0 Å². The van der Waals surface area contributed by atoms with Crippen LogP contribution in [0.2, 0.25) is 0 Å². The average Bonchev–Trinajstić information content (AvgIpc) is 3.38. The lowest BCUT2D eigenvalue weighted by molar-refractivity contribution is 0.638. The molecular weight excluding hydrogens is 396 g/mol. The van der Waals surface area contributed by atoms with Gasteiger partial charge in [0.2, 0.25) is 0 Å². The number of hydrogen-bond donors (Lipinski definition) is 1. The van der Waals surface area contributed by atoms with Crippen LogP contribution in [0, 0.1) is 0 Å². The molecule has 1 fully saturated rings. The molecule has 0 aromatic heterocycles. The highest BCUT2D eigenvalue weighted by molar-refractivity contribution is 5.54. The maximum absolute atomic E-state index is 6.16. The van der Waals surface area contributed by atoms with Crippen molar-refractivity contribution in [2.45, 2.75) is 38.6 Å². The minimum atomic E-state index is 0.0794. The van der Waals surface area contributed by atoms with E-state index in [2.05, 4.69) is 44.4 Å². The lowest BCUT2D eigenvalue weighted by Crippen LogP contribution is -2.17. The normalized spacial score (nSPS) is 15.1. The van der Waals surface area contributed by atoms with Gasteiger partial charge in [-0.25, -0.2) is 0 Å². The lowest BCUT2D eigenvalue weighted by atomic mass is 10.0. The zero-order valence-electron chi connectivity index (χ0n) is 18.6. The van der Waals surface area contributed by atoms with Gasteiger partial charge in [-0.15, -0.1) is 0 Å². The largest absolute Gasteiger partial charge is 0.372 e. The Kier molecular flexibility index (Phi) is 7.35. The SMILES string of the molecule is CCCC(N)c1ccc(/N=N/c2ccc(/N=N/c3ccc(N4CCCC4)cc3)cc2)cc1. The minimum absolute atomic E-state index is 0.0794. The first kappa shape index (κ1) is 21.8. The van der Waals surface area contributed by atoms with Crippen LogP contribution in [0.1, 0.15) is 44.2 Å². The fourth-order valence-corrected chi connectivity index (χ4v) is 3.79. The molecule has 6 nitrogen and oxygen atoms in total. The Balaban J connectivity index is 1.33. The van der Waals surface area contributed by atoms with Gasteiger partial charge in [-0.3, -0.25) is 0 Å². The highest BCUT2D eigenvalue weighted by Crippen LogP contribution is 2.26. The molecule has 1 atom stereocenters. The third-order valence-electron chi connectivity index (χ3n) is 5.65. The van der Waals surface area contributed by atoms with Crippen LogP contribution < -0.4 is 10.6 Å². The summed E-state index contributed by atoms with van der Waals surface area (Å²) in [4.78, 5) is 2.41. The summed E-state index contributed by atoms with van der Waals surface area (Å²) in [6, 6.07) is 23.9. The molecule has 2 N–H and O–H groups in total. The van der Waals surface area contributed by atoms with E-state index in [1.54, 1.807) is 0 Å². The number of nitrogens with two attached hydrogens (primary N) is 1. The smallest absolute Gasteiger partial charge is 0.0858 e. The van der Waals surface area contributed by atoms with Crippen molar-refractivity contribution in [1.29, 1.82) is 0 Å². The second-order valence-corrected chi connectivity index (χ2v) is 8.11. The van der Waals surface area contributed by atoms with E-state index in [-0.39, 0.29) is 6.04 Å². The van der Waals surface area contributed by atoms with E-state index in [9.17, 15) is 0 Å². The van der Waals surface area contributed by atoms with Crippen LogP contribution in [-0.2, 0) is 0 Å². The van der Waals surface area contributed by atoms with Crippen molar-refractivity contribution in [2.24, 2.45) is 26.2 Å². The van der Waals surface area contributed by atoms with Crippen molar-refractivity contribution in [3.05, 3.63) is 78.4 Å². The molecule has 1 saturated heterocycles. The predicted octanol–water partition coefficient (Wildman–Crippen LogP) is 7.92. The number of anilines is 1. The van der Waals surface area contributed by atoms with Crippen molar-refractivity contribution in [3.63, 3.8) is 0 Å². The summed E-state index contributed by atoms with van der Waals surface area (Å²) < 4.78 is 0. The third kappa shape index (κ3) is 5.86. The highest BCUT2D eigenvalue weighted by Gasteiger charge is 2.11. The Bertz CT molecular complexity index is 1030. The zero-order valence-corrected chi connectivity index (χ0v) is 18.6. The monoisotopic (exact) mass is 426 g/mol. The highest BCUT2D eigenvalue weighted by atomic mass is 15.1. The van der Waals surface area contributed by atoms with Crippen LogP contribution in [0.4, 0.5) is 28.4 Å². The van der Waals surface area contributed by atoms with Gasteiger partial charge in [0, 0.05) is 24.8 Å². The van der Waals surface area contributed by atoms with Crippen molar-refractivity contribution in [3.8, 4) is 0 Å². The molecule has 1 aliphatic rings. The Hall–Kier alpha value is -3.38. The van der Waals surface area contributed by atoms with Crippen LogP contribution in [0.5, 0.6) is 0 Å². The van der Waals surface area contributed by atoms with Crippen molar-refractivity contribution < 1.29 is 0 Å². The third-order valence-corrected chi connectivity index (χ3v) is 5.65. The molecule has 0 radical (unpaired) electrons. The van der Waals surface area contributed by atoms with Gasteiger partial charge in [-0.05, 0) is 85.5 Å². The quantitative estimate of drug-likeness (QED) is 0.371. The Labute approximate surface area is 189 Å². The molecule has 0 aliphatic carbocycles. The summed E-state index contributed by atoms with van der Waals surface area (Å²) in [5, 5.41) is 17.3. The molecular formula is C26H30N6. The van der Waals surface area contributed by atoms with Gasteiger partial charge in [0.25, 0.3) is 0 Å². The van der Waals surface area contributed by atoms with E-state index < -0.39 is 0 Å². The van der Waals surface area contributed by atoms with E-state index in [1.165, 1.54) is 18.5 Å². The number of hydrogen-bond acceptors (Lipinski definition) is 6. The number of benzene rings is 3. The van der Waals surface area contributed by atoms with E-state index >= 15 is 0 Å². The summed E-state index contributed by atoms with van der Waals surface area (Å²) in [5.74, 6) is 0. The summed E-state index contributed by atoms with van der Waals surface area (Å²) in [7, 11) is 0. The standard InChI is InChI=1S/C26H30N6/c1-2-5-26(27)20-6-8-21(9-7-20)28-29-22-10-12-23(13-11-22)30-31-24-14-16-25(17-15-24)32-18-3-4-19-32/h6-17,26H,2-5,18-19,27H2,1H3/b29-28+,31-30+. The van der Waals surface area contributed by atoms with Gasteiger partial charge in [0.15, 0.2) is 0 Å². The Morgan fingerprint density at radius 2 is 1.09 bits per heavy atom. The molecule has 1 aliphatic heterocycles. The van der Waals surface area contributed by atoms with Gasteiger partial charge in [0.05, 0.1) is 22.7 Å². The fourth-order valence-electron chi connectivity index (χ4n) is 3.79. The van der Waals surface area contributed by atoms with Gasteiger partial charge in [0.1, 0.15) is 0 Å². The van der Waals surface area contributed by atoms with Crippen LogP contribution in [0.25, 0.3) is 0 Å². The Morgan fingerprint density at radius 1 is 0.688 bits per heavy atom. The van der Waals surface area contributed by atoms with Crippen LogP contribution in [-0.4, -0.2) is 13.1 Å². The fraction of sp³-hybridized carbons (Fsp3) is 0.308. The van der Waals surface area contributed by atoms with Crippen molar-refractivity contribution >= 4 is 28.4 Å². The molecule has 0 bridgehead atoms. The second-order valence-electron chi connectivity index (χ2n) is 8.11. The Morgan fingerprint density at radius 3 is 1.53 bits per heavy atom. The molecule has 0 saturated carbocycles. The van der Waals surface area contributed by atoms with Crippen LogP contribution >= 0.6 is 0 Å². The summed E-state index contributed by atoms with van der Waals surface area (Å²) in [6.07, 6.45) is 4.60. The number of azo groups is 2.